The Morgan fingerprint density at radius 1 is 0.830 bits per heavy atom. The Kier molecular flexibility index (Phi) is 11.6. The minimum absolute atomic E-state index is 0. The predicted octanol–water partition coefficient (Wildman–Crippen LogP) is 11.9. The molecule has 0 N–H and O–H groups in total. The first-order valence-corrected chi connectivity index (χ1v) is 22.2. The van der Waals surface area contributed by atoms with Crippen molar-refractivity contribution in [1.29, 1.82) is 0 Å². The number of aromatic nitrogens is 3. The molecule has 0 bridgehead atoms. The topological polar surface area (TPSA) is 51.8 Å². The van der Waals surface area contributed by atoms with E-state index < -0.39 is 8.07 Å². The van der Waals surface area contributed by atoms with Crippen molar-refractivity contribution in [3.8, 4) is 33.8 Å². The predicted molar refractivity (Wildman–Crippen MR) is 220 cm³/mol. The van der Waals surface area contributed by atoms with Gasteiger partial charge in [0.25, 0.3) is 0 Å². The second-order valence-electron chi connectivity index (χ2n) is 16.4. The maximum absolute atomic E-state index is 6.32. The molecular formula is C47H49IrN3OSi-2. The smallest absolute Gasteiger partial charge is 0.216 e. The third-order valence-corrected chi connectivity index (χ3v) is 12.4. The van der Waals surface area contributed by atoms with Crippen molar-refractivity contribution >= 4 is 35.3 Å². The largest absolute Gasteiger partial charge is 0.486 e. The first-order valence-electron chi connectivity index (χ1n) is 18.7. The molecule has 0 unspecified atom stereocenters. The molecule has 0 atom stereocenters. The molecule has 0 aliphatic heterocycles. The zero-order valence-electron chi connectivity index (χ0n) is 32.0. The van der Waals surface area contributed by atoms with E-state index in [-0.39, 0.29) is 25.5 Å². The summed E-state index contributed by atoms with van der Waals surface area (Å²) in [4.78, 5) is 14.2. The van der Waals surface area contributed by atoms with Crippen molar-refractivity contribution < 1.29 is 24.5 Å². The molecule has 0 amide bonds. The Morgan fingerprint density at radius 3 is 2.28 bits per heavy atom. The fraction of sp³-hybridized carbons (Fsp3) is 0.298. The number of fused-ring (bicyclic) bond motifs is 3. The summed E-state index contributed by atoms with van der Waals surface area (Å²) in [5, 5.41) is 3.64. The van der Waals surface area contributed by atoms with Gasteiger partial charge in [-0.15, -0.1) is 53.6 Å². The van der Waals surface area contributed by atoms with Crippen LogP contribution < -0.4 is 5.19 Å². The zero-order valence-corrected chi connectivity index (χ0v) is 35.4. The normalized spacial score (nSPS) is 13.5. The van der Waals surface area contributed by atoms with Gasteiger partial charge in [-0.25, -0.2) is 4.98 Å². The zero-order chi connectivity index (χ0) is 36.5. The summed E-state index contributed by atoms with van der Waals surface area (Å²) in [5.41, 5.74) is 11.3. The Balaban J connectivity index is 0.000000187. The monoisotopic (exact) mass is 892 g/mol. The van der Waals surface area contributed by atoms with Crippen LogP contribution in [0.5, 0.6) is 0 Å². The van der Waals surface area contributed by atoms with Crippen molar-refractivity contribution in [2.24, 2.45) is 5.92 Å². The first kappa shape index (κ1) is 38.5. The average molecular weight is 892 g/mol. The van der Waals surface area contributed by atoms with E-state index in [0.29, 0.717) is 5.71 Å². The second kappa shape index (κ2) is 16.0. The van der Waals surface area contributed by atoms with Gasteiger partial charge in [-0.1, -0.05) is 132 Å². The van der Waals surface area contributed by atoms with Crippen LogP contribution in [-0.4, -0.2) is 23.0 Å². The van der Waals surface area contributed by atoms with E-state index in [2.05, 4.69) is 125 Å². The van der Waals surface area contributed by atoms with E-state index in [1.165, 1.54) is 37.7 Å². The Labute approximate surface area is 329 Å². The summed E-state index contributed by atoms with van der Waals surface area (Å²) >= 11 is 0. The number of aryl methyl sites for hydroxylation is 1. The van der Waals surface area contributed by atoms with Crippen LogP contribution >= 0.6 is 0 Å². The summed E-state index contributed by atoms with van der Waals surface area (Å²) in [6.45, 7) is 16.0. The molecule has 4 heterocycles. The van der Waals surface area contributed by atoms with Crippen LogP contribution in [0.15, 0.2) is 108 Å². The molecule has 7 aromatic rings. The third-order valence-electron chi connectivity index (χ3n) is 10.3. The first-order chi connectivity index (χ1) is 25.0. The maximum Gasteiger partial charge on any atom is 0.216 e. The fourth-order valence-electron chi connectivity index (χ4n) is 7.42. The van der Waals surface area contributed by atoms with Crippen molar-refractivity contribution in [2.75, 3.05) is 0 Å². The molecule has 1 aliphatic rings. The Morgan fingerprint density at radius 2 is 1.58 bits per heavy atom. The minimum atomic E-state index is -1.35. The number of hydrogen-bond donors (Lipinski definition) is 0. The third kappa shape index (κ3) is 8.62. The van der Waals surface area contributed by atoms with E-state index in [0.717, 1.165) is 61.6 Å². The van der Waals surface area contributed by atoms with Crippen LogP contribution in [-0.2, 0) is 31.9 Å². The van der Waals surface area contributed by atoms with E-state index in [1.807, 2.05) is 42.6 Å². The van der Waals surface area contributed by atoms with Gasteiger partial charge >= 0.3 is 0 Å². The minimum Gasteiger partial charge on any atom is -0.486 e. The summed E-state index contributed by atoms with van der Waals surface area (Å²) in [6.07, 6.45) is 10.9. The van der Waals surface area contributed by atoms with E-state index in [1.54, 1.807) is 10.8 Å². The fourth-order valence-corrected chi connectivity index (χ4v) is 9.01. The molecule has 4 aromatic heterocycles. The molecule has 53 heavy (non-hydrogen) atoms. The molecule has 4 nitrogen and oxygen atoms in total. The summed E-state index contributed by atoms with van der Waals surface area (Å²) < 4.78 is 6.32. The SMILES string of the molecule is C[Si](C)(C)c1cnc(-c2[c-]cccc2)cc1CC1CCCC1.Cc1c[c-]c(-c2cc(C(C)(C)C)ccn2)c2oc3nc(-c4ccccc4)ccc3c12.[Ir]. The number of benzene rings is 3. The van der Waals surface area contributed by atoms with Crippen molar-refractivity contribution in [3.05, 3.63) is 132 Å². The van der Waals surface area contributed by atoms with Gasteiger partial charge in [0.1, 0.15) is 0 Å². The van der Waals surface area contributed by atoms with Gasteiger partial charge in [-0.2, -0.15) is 0 Å². The quantitative estimate of drug-likeness (QED) is 0.123. The molecule has 1 saturated carbocycles. The molecule has 0 saturated heterocycles. The van der Waals surface area contributed by atoms with Crippen LogP contribution in [0.4, 0.5) is 0 Å². The van der Waals surface area contributed by atoms with Crippen LogP contribution in [0.25, 0.3) is 55.8 Å². The second-order valence-corrected chi connectivity index (χ2v) is 21.4. The van der Waals surface area contributed by atoms with E-state index in [9.17, 15) is 0 Å². The van der Waals surface area contributed by atoms with Gasteiger partial charge in [0.15, 0.2) is 0 Å². The Hall–Kier alpha value is -4.22. The number of rotatable bonds is 6. The molecule has 8 rings (SSSR count). The van der Waals surface area contributed by atoms with Gasteiger partial charge in [0.2, 0.25) is 5.71 Å². The van der Waals surface area contributed by atoms with E-state index >= 15 is 0 Å². The van der Waals surface area contributed by atoms with Gasteiger partial charge in [-0.05, 0) is 58.1 Å². The molecule has 1 radical (unpaired) electrons. The van der Waals surface area contributed by atoms with Crippen LogP contribution in [0.2, 0.25) is 19.6 Å². The average Bonchev–Trinajstić information content (AvgIpc) is 3.80. The van der Waals surface area contributed by atoms with Gasteiger partial charge in [0, 0.05) is 43.4 Å². The maximum atomic E-state index is 6.32. The number of furan rings is 1. The van der Waals surface area contributed by atoms with Crippen LogP contribution in [0.1, 0.15) is 63.1 Å². The molecular weight excluding hydrogens is 843 g/mol. The number of hydrogen-bond acceptors (Lipinski definition) is 4. The van der Waals surface area contributed by atoms with Gasteiger partial charge < -0.3 is 14.4 Å². The molecule has 3 aromatic carbocycles. The molecule has 1 aliphatic carbocycles. The Bertz CT molecular complexity index is 2320. The van der Waals surface area contributed by atoms with Crippen molar-refractivity contribution in [3.63, 3.8) is 0 Å². The number of pyridine rings is 3. The molecule has 1 fully saturated rings. The molecule has 6 heteroatoms. The summed E-state index contributed by atoms with van der Waals surface area (Å²) in [7, 11) is -1.35. The molecule has 0 spiro atoms. The number of nitrogens with zero attached hydrogens (tertiary/aromatic N) is 3. The van der Waals surface area contributed by atoms with Crippen LogP contribution in [0, 0.1) is 25.0 Å². The van der Waals surface area contributed by atoms with Gasteiger partial charge in [-0.3, -0.25) is 0 Å². The standard InChI is InChI=1S/C27H23N2O.C20H26NSi.Ir/c1-17-10-11-20(23-16-19(14-15-28-23)27(2,3)4)25-24(17)21-12-13-22(29-26(21)30-25)18-8-6-5-7-9-18;1-22(2,3)20-15-21-19(17-11-5-4-6-12-17)14-18(20)13-16-9-7-8-10-16;/h5-10,12-16H,1-4H3;4-6,11,14-16H,7-10,13H2,1-3H3;/q2*-1;. The van der Waals surface area contributed by atoms with Gasteiger partial charge in [0.05, 0.1) is 19.4 Å². The summed E-state index contributed by atoms with van der Waals surface area (Å²) in [6, 6.07) is 37.8. The van der Waals surface area contributed by atoms with Crippen molar-refractivity contribution in [2.45, 2.75) is 84.9 Å². The molecule has 273 valence electrons. The van der Waals surface area contributed by atoms with E-state index in [4.69, 9.17) is 14.4 Å². The van der Waals surface area contributed by atoms with Crippen LogP contribution in [0.3, 0.4) is 0 Å². The van der Waals surface area contributed by atoms with Crippen molar-refractivity contribution in [1.82, 2.24) is 15.0 Å². The summed E-state index contributed by atoms with van der Waals surface area (Å²) in [5.74, 6) is 0.880.